The standard InChI is InChI=1S/C7H2F14O2.C4H9FO4S.4F2.FH/c8-1-22-6(18,19)7(20,21)23-5(16,17)3(11,12)2(9,10)4(13,14)15;5-4-9-2-1-3-10(6,7)8;4*1-2;/h1H2;1-4H2,(H,6,7,8);;;;;1H. The summed E-state index contributed by atoms with van der Waals surface area (Å²) in [5.74, 6) is -15.8. The van der Waals surface area contributed by atoms with Crippen molar-refractivity contribution in [1.82, 2.24) is 0 Å². The number of alkyl halides is 15. The molecule has 266 valence electrons. The lowest BCUT2D eigenvalue weighted by Crippen LogP contribution is -2.64. The van der Waals surface area contributed by atoms with Crippen molar-refractivity contribution in [1.29, 1.82) is 0 Å². The Morgan fingerprint density at radius 2 is 0.929 bits per heavy atom. The lowest BCUT2D eigenvalue weighted by atomic mass is 10.1. The summed E-state index contributed by atoms with van der Waals surface area (Å²) in [6.07, 6.45) is -28.0. The Balaban J connectivity index is -0.000000108. The van der Waals surface area contributed by atoms with Gasteiger partial charge >= 0.3 is 36.3 Å². The molecular weight excluding hydrogens is 716 g/mol. The van der Waals surface area contributed by atoms with Crippen LogP contribution in [0.4, 0.5) is 107 Å². The molecule has 6 nitrogen and oxygen atoms in total. The number of hydrogen-bond donors (Lipinski definition) is 1. The highest BCUT2D eigenvalue weighted by Gasteiger charge is 2.85. The molecule has 0 aliphatic carbocycles. The van der Waals surface area contributed by atoms with Crippen LogP contribution in [0.3, 0.4) is 0 Å². The van der Waals surface area contributed by atoms with Gasteiger partial charge in [-0.25, -0.2) is 13.5 Å². The second-order valence-electron chi connectivity index (χ2n) is 5.21. The lowest BCUT2D eigenvalue weighted by molar-refractivity contribution is -0.526. The molecule has 0 bridgehead atoms. The summed E-state index contributed by atoms with van der Waals surface area (Å²) in [7, 11) is -3.91. The van der Waals surface area contributed by atoms with E-state index in [1.165, 1.54) is 4.74 Å². The zero-order chi connectivity index (χ0) is 35.2. The average molecular weight is 728 g/mol. The van der Waals surface area contributed by atoms with Gasteiger partial charge in [0.15, 0.2) is 13.7 Å². The van der Waals surface area contributed by atoms with E-state index in [4.69, 9.17) is 41.1 Å². The summed E-state index contributed by atoms with van der Waals surface area (Å²) in [5.41, 5.74) is 0. The second kappa shape index (κ2) is 24.5. The van der Waals surface area contributed by atoms with E-state index in [-0.39, 0.29) is 23.5 Å². The Bertz CT molecular complexity index is 702. The molecule has 0 aromatic rings. The monoisotopic (exact) mass is 728 g/mol. The Morgan fingerprint density at radius 3 is 1.19 bits per heavy atom. The highest BCUT2D eigenvalue weighted by atomic mass is 32.2. The fourth-order valence-corrected chi connectivity index (χ4v) is 1.68. The molecule has 0 aliphatic rings. The summed E-state index contributed by atoms with van der Waals surface area (Å²) >= 11 is 0. The van der Waals surface area contributed by atoms with Gasteiger partial charge < -0.3 is 4.74 Å². The van der Waals surface area contributed by atoms with Crippen LogP contribution in [0.5, 0.6) is 0 Å². The van der Waals surface area contributed by atoms with Crippen molar-refractivity contribution in [3.63, 3.8) is 0 Å². The Labute approximate surface area is 214 Å². The molecule has 1 N–H and O–H groups in total. The minimum atomic E-state index is -7.73. The van der Waals surface area contributed by atoms with Gasteiger partial charge in [-0.3, -0.25) is 14.0 Å². The summed E-state index contributed by atoms with van der Waals surface area (Å²) < 4.78 is 282. The Hall–Kier alpha value is -1.89. The third kappa shape index (κ3) is 20.1. The Kier molecular flexibility index (Phi) is 32.7. The first-order valence-electron chi connectivity index (χ1n) is 7.85. The van der Waals surface area contributed by atoms with E-state index in [9.17, 15) is 74.3 Å². The molecule has 0 aromatic carbocycles. The fraction of sp³-hybridized carbons (Fsp3) is 1.00. The fourth-order valence-electron chi connectivity index (χ4n) is 1.20. The number of halogens is 24. The van der Waals surface area contributed by atoms with Crippen LogP contribution in [0.15, 0.2) is 0 Å². The second-order valence-corrected chi connectivity index (χ2v) is 6.78. The van der Waals surface area contributed by atoms with Gasteiger partial charge in [-0.05, 0) is 6.42 Å². The molecule has 0 aromatic heterocycles. The lowest BCUT2D eigenvalue weighted by Gasteiger charge is -2.35. The van der Waals surface area contributed by atoms with Crippen LogP contribution >= 0.6 is 0 Å². The van der Waals surface area contributed by atoms with E-state index in [2.05, 4.69) is 9.47 Å². The first-order chi connectivity index (χ1) is 18.3. The van der Waals surface area contributed by atoms with Gasteiger partial charge in [0.05, 0.1) is 12.4 Å². The quantitative estimate of drug-likeness (QED) is 0.124. The first-order valence-corrected chi connectivity index (χ1v) is 9.45. The first kappa shape index (κ1) is 56.0. The van der Waals surface area contributed by atoms with Crippen LogP contribution in [0, 0.1) is 0 Å². The minimum Gasteiger partial charge on any atom is -0.350 e. The van der Waals surface area contributed by atoms with E-state index in [1.807, 2.05) is 0 Å². The van der Waals surface area contributed by atoms with E-state index in [0.29, 0.717) is 0 Å². The normalized spacial score (nSPS) is 12.1. The van der Waals surface area contributed by atoms with Crippen molar-refractivity contribution in [2.45, 2.75) is 42.8 Å². The van der Waals surface area contributed by atoms with Gasteiger partial charge in [-0.1, -0.05) is 0 Å². The van der Waals surface area contributed by atoms with Gasteiger partial charge in [-0.2, -0.15) is 65.5 Å². The zero-order valence-electron chi connectivity index (χ0n) is 18.5. The molecule has 0 amide bonds. The van der Waals surface area contributed by atoms with Gasteiger partial charge in [0.1, 0.15) is 0 Å². The highest BCUT2D eigenvalue weighted by molar-refractivity contribution is 7.85. The molecule has 0 spiro atoms. The van der Waals surface area contributed by atoms with Crippen molar-refractivity contribution < 1.29 is 134 Å². The smallest absolute Gasteiger partial charge is 0.350 e. The zero-order valence-corrected chi connectivity index (χ0v) is 19.4. The topological polar surface area (TPSA) is 82.1 Å². The van der Waals surface area contributed by atoms with Crippen molar-refractivity contribution >= 4 is 10.1 Å². The molecule has 0 aliphatic heterocycles. The molecule has 0 heterocycles. The predicted octanol–water partition coefficient (Wildman–Crippen LogP) is 8.28. The molecule has 0 rings (SSSR count). The van der Waals surface area contributed by atoms with Crippen LogP contribution in [0.2, 0.25) is 0 Å². The largest absolute Gasteiger partial charge is 0.460 e. The average Bonchev–Trinajstić information content (AvgIpc) is 2.85. The molecule has 0 saturated carbocycles. The van der Waals surface area contributed by atoms with Crippen molar-refractivity contribution in [3.8, 4) is 0 Å². The Morgan fingerprint density at radius 1 is 0.571 bits per heavy atom. The van der Waals surface area contributed by atoms with E-state index < -0.39 is 60.2 Å². The molecule has 0 radical (unpaired) electrons. The van der Waals surface area contributed by atoms with E-state index >= 15 is 0 Å². The van der Waals surface area contributed by atoms with Crippen LogP contribution in [0.1, 0.15) is 6.42 Å². The van der Waals surface area contributed by atoms with Gasteiger partial charge in [0.2, 0.25) is 0 Å². The number of ether oxygens (including phenoxy) is 3. The third-order valence-electron chi connectivity index (χ3n) is 2.72. The van der Waals surface area contributed by atoms with Gasteiger partial charge in [0, 0.05) is 36.6 Å². The summed E-state index contributed by atoms with van der Waals surface area (Å²) in [5, 5.41) is 0. The molecule has 0 fully saturated rings. The summed E-state index contributed by atoms with van der Waals surface area (Å²) in [6, 6.07) is 0. The molecule has 42 heavy (non-hydrogen) atoms. The third-order valence-corrected chi connectivity index (χ3v) is 3.52. The van der Waals surface area contributed by atoms with Gasteiger partial charge in [-0.15, -0.1) is 0 Å². The molecule has 31 heteroatoms. The van der Waals surface area contributed by atoms with E-state index in [0.717, 1.165) is 0 Å². The minimum absolute atomic E-state index is 0. The van der Waals surface area contributed by atoms with Crippen LogP contribution in [0.25, 0.3) is 0 Å². The summed E-state index contributed by atoms with van der Waals surface area (Å²) in [4.78, 5) is 0. The van der Waals surface area contributed by atoms with Crippen LogP contribution < -0.4 is 0 Å². The van der Waals surface area contributed by atoms with Crippen molar-refractivity contribution in [2.24, 2.45) is 0 Å². The maximum atomic E-state index is 12.6. The van der Waals surface area contributed by atoms with Gasteiger partial charge in [0.25, 0.3) is 10.1 Å². The van der Waals surface area contributed by atoms with E-state index in [1.54, 1.807) is 0 Å². The van der Waals surface area contributed by atoms with Crippen LogP contribution in [-0.2, 0) is 24.3 Å². The maximum absolute atomic E-state index is 12.6. The number of rotatable bonds is 12. The highest BCUT2D eigenvalue weighted by Crippen LogP contribution is 2.55. The molecule has 0 unspecified atom stereocenters. The molecule has 0 atom stereocenters. The van der Waals surface area contributed by atoms with Crippen LogP contribution in [-0.4, -0.2) is 75.4 Å². The summed E-state index contributed by atoms with van der Waals surface area (Å²) in [6.45, 7) is -3.71. The molecular formula is C11H12F24O6S. The predicted molar refractivity (Wildman–Crippen MR) is 83.3 cm³/mol. The SMILES string of the molecule is F.FCOC(F)(F)C(F)(F)OC(F)(F)C(F)(F)C(F)(F)C(F)(F)F.FF.FF.FF.FF.O=S(=O)(O)CCCOCF. The number of hydrogen-bond acceptors (Lipinski definition) is 5. The van der Waals surface area contributed by atoms with Crippen molar-refractivity contribution in [2.75, 3.05) is 26.1 Å². The maximum Gasteiger partial charge on any atom is 0.460 e. The van der Waals surface area contributed by atoms with Crippen molar-refractivity contribution in [3.05, 3.63) is 0 Å². The molecule has 0 saturated heterocycles.